The molecule has 4 heteroatoms. The molecule has 3 nitrogen and oxygen atoms in total. The number of nitrogens with one attached hydrogen (secondary N) is 1. The molecule has 0 bridgehead atoms. The van der Waals surface area contributed by atoms with Crippen molar-refractivity contribution in [3.8, 4) is 0 Å². The third-order valence-electron chi connectivity index (χ3n) is 4.07. The number of allylic oxidation sites excluding steroid dienone is 1. The van der Waals surface area contributed by atoms with E-state index in [1.54, 1.807) is 24.3 Å². The van der Waals surface area contributed by atoms with Gasteiger partial charge < -0.3 is 5.32 Å². The molecule has 3 aromatic rings. The molecule has 0 aliphatic rings. The van der Waals surface area contributed by atoms with Gasteiger partial charge in [-0.3, -0.25) is 9.59 Å². The van der Waals surface area contributed by atoms with Gasteiger partial charge in [0.15, 0.2) is 11.6 Å². The Kier molecular flexibility index (Phi) is 5.99. The number of hydrogen-bond acceptors (Lipinski definition) is 3. The van der Waals surface area contributed by atoms with Crippen LogP contribution in [0, 0.1) is 0 Å². The molecule has 0 fully saturated rings. The fourth-order valence-electron chi connectivity index (χ4n) is 2.62. The molecule has 0 radical (unpaired) electrons. The summed E-state index contributed by atoms with van der Waals surface area (Å²) in [4.78, 5) is 24.2. The molecule has 3 aromatic carbocycles. The summed E-state index contributed by atoms with van der Waals surface area (Å²) < 4.78 is 0.754. The van der Waals surface area contributed by atoms with E-state index in [0.717, 1.165) is 15.7 Å². The van der Waals surface area contributed by atoms with Gasteiger partial charge in [-0.25, -0.2) is 0 Å². The van der Waals surface area contributed by atoms with Gasteiger partial charge in [0.1, 0.15) is 0 Å². The van der Waals surface area contributed by atoms with Crippen LogP contribution in [0.2, 0.25) is 0 Å². The van der Waals surface area contributed by atoms with E-state index in [-0.39, 0.29) is 11.6 Å². The molecule has 0 aliphatic carbocycles. The van der Waals surface area contributed by atoms with Crippen LogP contribution in [0.3, 0.4) is 0 Å². The van der Waals surface area contributed by atoms with Crippen molar-refractivity contribution < 1.29 is 9.59 Å². The topological polar surface area (TPSA) is 46.2 Å². The van der Waals surface area contributed by atoms with E-state index in [0.29, 0.717) is 16.8 Å². The molecule has 0 saturated carbocycles. The largest absolute Gasteiger partial charge is 0.355 e. The number of carbonyl (C=O) groups is 2. The minimum atomic E-state index is -0.103. The van der Waals surface area contributed by atoms with Crippen molar-refractivity contribution in [3.05, 3.63) is 106 Å². The lowest BCUT2D eigenvalue weighted by molar-refractivity contribution is 0.101. The van der Waals surface area contributed by atoms with E-state index in [1.165, 1.54) is 6.92 Å². The van der Waals surface area contributed by atoms with Crippen LogP contribution in [0.25, 0.3) is 5.70 Å². The summed E-state index contributed by atoms with van der Waals surface area (Å²) in [5.74, 6) is -0.0846. The molecular weight excluding hydrogens is 402 g/mol. The van der Waals surface area contributed by atoms with Crippen molar-refractivity contribution in [3.63, 3.8) is 0 Å². The lowest BCUT2D eigenvalue weighted by Crippen LogP contribution is -2.04. The maximum Gasteiger partial charge on any atom is 0.189 e. The summed E-state index contributed by atoms with van der Waals surface area (Å²) >= 11 is 3.43. The smallest absolute Gasteiger partial charge is 0.189 e. The first-order chi connectivity index (χ1) is 13.0. The van der Waals surface area contributed by atoms with Gasteiger partial charge in [-0.05, 0) is 48.9 Å². The Balaban J connectivity index is 1.95. The number of hydrogen-bond donors (Lipinski definition) is 1. The Morgan fingerprint density at radius 3 is 2.07 bits per heavy atom. The molecule has 0 spiro atoms. The maximum atomic E-state index is 12.8. The summed E-state index contributed by atoms with van der Waals surface area (Å²) in [6, 6.07) is 24.2. The predicted octanol–water partition coefficient (Wildman–Crippen LogP) is 5.99. The normalized spacial score (nSPS) is 11.1. The average Bonchev–Trinajstić information content (AvgIpc) is 2.69. The van der Waals surface area contributed by atoms with Gasteiger partial charge >= 0.3 is 0 Å². The first kappa shape index (κ1) is 18.8. The van der Waals surface area contributed by atoms with Gasteiger partial charge in [0, 0.05) is 33.1 Å². The highest BCUT2D eigenvalue weighted by molar-refractivity contribution is 9.10. The minimum Gasteiger partial charge on any atom is -0.355 e. The Bertz CT molecular complexity index is 992. The SMILES string of the molecule is CC(=O)c1ccc(N/C(=C/C(=O)c2ccccc2Br)c2ccccc2)cc1. The number of anilines is 1. The van der Waals surface area contributed by atoms with Gasteiger partial charge in [0.25, 0.3) is 0 Å². The summed E-state index contributed by atoms with van der Waals surface area (Å²) in [6.07, 6.45) is 1.59. The molecule has 0 atom stereocenters. The van der Waals surface area contributed by atoms with Gasteiger partial charge in [0.2, 0.25) is 0 Å². The lowest BCUT2D eigenvalue weighted by Gasteiger charge is -2.12. The number of carbonyl (C=O) groups excluding carboxylic acids is 2. The van der Waals surface area contributed by atoms with Gasteiger partial charge in [-0.1, -0.05) is 58.4 Å². The van der Waals surface area contributed by atoms with Crippen LogP contribution >= 0.6 is 15.9 Å². The zero-order valence-electron chi connectivity index (χ0n) is 14.8. The third-order valence-corrected chi connectivity index (χ3v) is 4.76. The number of rotatable bonds is 6. The van der Waals surface area contributed by atoms with Crippen LogP contribution < -0.4 is 5.32 Å². The molecular formula is C23H18BrNO2. The molecule has 0 aromatic heterocycles. The third kappa shape index (κ3) is 4.80. The molecule has 0 amide bonds. The minimum absolute atomic E-state index is 0.0180. The monoisotopic (exact) mass is 419 g/mol. The second-order valence-electron chi connectivity index (χ2n) is 6.03. The quantitative estimate of drug-likeness (QED) is 0.394. The molecule has 0 heterocycles. The van der Waals surface area contributed by atoms with Crippen LogP contribution in [0.15, 0.2) is 89.4 Å². The fraction of sp³-hybridized carbons (Fsp3) is 0.0435. The van der Waals surface area contributed by atoms with Crippen LogP contribution in [0.5, 0.6) is 0 Å². The summed E-state index contributed by atoms with van der Waals surface area (Å²) in [5, 5.41) is 3.30. The molecule has 0 aliphatic heterocycles. The molecule has 27 heavy (non-hydrogen) atoms. The van der Waals surface area contributed by atoms with Crippen LogP contribution in [0.4, 0.5) is 5.69 Å². The highest BCUT2D eigenvalue weighted by Crippen LogP contribution is 2.22. The molecule has 0 saturated heterocycles. The summed E-state index contributed by atoms with van der Waals surface area (Å²) in [6.45, 7) is 1.54. The van der Waals surface area contributed by atoms with Crippen LogP contribution in [-0.2, 0) is 0 Å². The molecule has 3 rings (SSSR count). The van der Waals surface area contributed by atoms with Crippen molar-refractivity contribution in [2.24, 2.45) is 0 Å². The van der Waals surface area contributed by atoms with E-state index in [9.17, 15) is 9.59 Å². The maximum absolute atomic E-state index is 12.8. The fourth-order valence-corrected chi connectivity index (χ4v) is 3.10. The number of Topliss-reactive ketones (excluding diaryl/α,β-unsaturated/α-hetero) is 1. The Hall–Kier alpha value is -2.98. The zero-order valence-corrected chi connectivity index (χ0v) is 16.4. The summed E-state index contributed by atoms with van der Waals surface area (Å²) in [7, 11) is 0. The first-order valence-electron chi connectivity index (χ1n) is 8.48. The van der Waals surface area contributed by atoms with E-state index >= 15 is 0 Å². The van der Waals surface area contributed by atoms with Crippen molar-refractivity contribution in [1.82, 2.24) is 0 Å². The van der Waals surface area contributed by atoms with Crippen molar-refractivity contribution in [2.75, 3.05) is 5.32 Å². The Labute approximate surface area is 166 Å². The lowest BCUT2D eigenvalue weighted by atomic mass is 10.1. The standard InChI is InChI=1S/C23H18BrNO2/c1-16(26)17-11-13-19(14-12-17)25-22(18-7-3-2-4-8-18)15-23(27)20-9-5-6-10-21(20)24/h2-15,25H,1H3/b22-15+. The van der Waals surface area contributed by atoms with E-state index in [1.807, 2.05) is 60.7 Å². The highest BCUT2D eigenvalue weighted by Gasteiger charge is 2.10. The van der Waals surface area contributed by atoms with Crippen molar-refractivity contribution in [2.45, 2.75) is 6.92 Å². The number of halogens is 1. The number of benzene rings is 3. The highest BCUT2D eigenvalue weighted by atomic mass is 79.9. The molecule has 0 unspecified atom stereocenters. The average molecular weight is 420 g/mol. The Morgan fingerprint density at radius 1 is 0.815 bits per heavy atom. The van der Waals surface area contributed by atoms with E-state index in [4.69, 9.17) is 0 Å². The van der Waals surface area contributed by atoms with Crippen molar-refractivity contribution in [1.29, 1.82) is 0 Å². The van der Waals surface area contributed by atoms with Crippen LogP contribution in [0.1, 0.15) is 33.2 Å². The van der Waals surface area contributed by atoms with Gasteiger partial charge in [0.05, 0.1) is 0 Å². The predicted molar refractivity (Wildman–Crippen MR) is 113 cm³/mol. The zero-order chi connectivity index (χ0) is 19.2. The summed E-state index contributed by atoms with van der Waals surface area (Å²) in [5.41, 5.74) is 3.63. The molecule has 134 valence electrons. The first-order valence-corrected chi connectivity index (χ1v) is 9.28. The van der Waals surface area contributed by atoms with E-state index < -0.39 is 0 Å². The second kappa shape index (κ2) is 8.60. The van der Waals surface area contributed by atoms with Gasteiger partial charge in [-0.15, -0.1) is 0 Å². The molecule has 1 N–H and O–H groups in total. The van der Waals surface area contributed by atoms with Crippen molar-refractivity contribution >= 4 is 38.9 Å². The van der Waals surface area contributed by atoms with Gasteiger partial charge in [-0.2, -0.15) is 0 Å². The Morgan fingerprint density at radius 2 is 1.44 bits per heavy atom. The van der Waals surface area contributed by atoms with Crippen LogP contribution in [-0.4, -0.2) is 11.6 Å². The second-order valence-corrected chi connectivity index (χ2v) is 6.88. The van der Waals surface area contributed by atoms with E-state index in [2.05, 4.69) is 21.2 Å². The number of ketones is 2.